The van der Waals surface area contributed by atoms with Crippen molar-refractivity contribution >= 4 is 5.97 Å². The normalized spacial score (nSPS) is 10.6. The molecule has 0 radical (unpaired) electrons. The zero-order valence-corrected chi connectivity index (χ0v) is 14.0. The number of hydrogen-bond acceptors (Lipinski definition) is 4. The minimum absolute atomic E-state index is 0.176. The molecule has 3 aromatic rings. The number of carbonyl (C=O) groups excluding carboxylic acids is 1. The molecule has 0 fully saturated rings. The van der Waals surface area contributed by atoms with E-state index in [-0.39, 0.29) is 6.10 Å². The Morgan fingerprint density at radius 2 is 1.52 bits per heavy atom. The number of esters is 1. The number of nitrogens with zero attached hydrogens (tertiary/aromatic N) is 1. The number of rotatable bonds is 6. The summed E-state index contributed by atoms with van der Waals surface area (Å²) < 4.78 is 10.8. The number of carbonyl (C=O) groups is 1. The van der Waals surface area contributed by atoms with Gasteiger partial charge in [-0.05, 0) is 23.3 Å². The Morgan fingerprint density at radius 1 is 0.920 bits per heavy atom. The van der Waals surface area contributed by atoms with E-state index in [1.54, 1.807) is 12.1 Å². The van der Waals surface area contributed by atoms with Gasteiger partial charge in [0.1, 0.15) is 6.10 Å². The minimum atomic E-state index is -0.397. The molecule has 25 heavy (non-hydrogen) atoms. The van der Waals surface area contributed by atoms with Crippen molar-refractivity contribution in [1.82, 2.24) is 4.98 Å². The molecule has 1 aromatic heterocycles. The van der Waals surface area contributed by atoms with E-state index in [4.69, 9.17) is 4.74 Å². The van der Waals surface area contributed by atoms with Crippen LogP contribution in [0.2, 0.25) is 0 Å². The average Bonchev–Trinajstić information content (AvgIpc) is 2.70. The van der Waals surface area contributed by atoms with Gasteiger partial charge in [-0.3, -0.25) is 4.98 Å². The molecule has 0 bridgehead atoms. The van der Waals surface area contributed by atoms with E-state index in [1.165, 1.54) is 13.3 Å². The van der Waals surface area contributed by atoms with Crippen LogP contribution in [0.25, 0.3) is 0 Å². The zero-order valence-electron chi connectivity index (χ0n) is 14.0. The number of ether oxygens (including phenoxy) is 2. The van der Waals surface area contributed by atoms with Gasteiger partial charge in [0, 0.05) is 6.20 Å². The molecule has 4 heteroatoms. The average molecular weight is 333 g/mol. The molecule has 0 unspecified atom stereocenters. The van der Waals surface area contributed by atoms with Crippen LogP contribution in [0.5, 0.6) is 0 Å². The van der Waals surface area contributed by atoms with Gasteiger partial charge in [-0.15, -0.1) is 0 Å². The molecule has 0 atom stereocenters. The van der Waals surface area contributed by atoms with Gasteiger partial charge in [0.05, 0.1) is 25.0 Å². The fourth-order valence-corrected chi connectivity index (χ4v) is 2.56. The molecule has 0 saturated heterocycles. The lowest BCUT2D eigenvalue weighted by molar-refractivity contribution is 0.0596. The Kier molecular flexibility index (Phi) is 5.54. The predicted octanol–water partition coefficient (Wildman–Crippen LogP) is 4.17. The Labute approximate surface area is 147 Å². The van der Waals surface area contributed by atoms with Crippen LogP contribution in [0.15, 0.2) is 79.0 Å². The molecule has 4 nitrogen and oxygen atoms in total. The summed E-state index contributed by atoms with van der Waals surface area (Å²) in [5.74, 6) is -0.397. The first-order valence-electron chi connectivity index (χ1n) is 8.02. The van der Waals surface area contributed by atoms with Crippen LogP contribution in [0.3, 0.4) is 0 Å². The Balaban J connectivity index is 1.76. The van der Waals surface area contributed by atoms with Crippen molar-refractivity contribution in [3.63, 3.8) is 0 Å². The highest BCUT2D eigenvalue weighted by Crippen LogP contribution is 2.26. The van der Waals surface area contributed by atoms with Crippen LogP contribution in [-0.2, 0) is 16.1 Å². The molecule has 3 rings (SSSR count). The largest absolute Gasteiger partial charge is 0.465 e. The van der Waals surface area contributed by atoms with Gasteiger partial charge in [-0.1, -0.05) is 60.7 Å². The summed E-state index contributed by atoms with van der Waals surface area (Å²) in [6.45, 7) is 0.343. The van der Waals surface area contributed by atoms with Gasteiger partial charge in [0.15, 0.2) is 0 Å². The summed E-state index contributed by atoms with van der Waals surface area (Å²) in [6.07, 6.45) is 1.33. The first-order chi connectivity index (χ1) is 12.3. The van der Waals surface area contributed by atoms with E-state index in [0.717, 1.165) is 16.8 Å². The first-order valence-corrected chi connectivity index (χ1v) is 8.02. The van der Waals surface area contributed by atoms with Crippen LogP contribution >= 0.6 is 0 Å². The van der Waals surface area contributed by atoms with Gasteiger partial charge in [-0.25, -0.2) is 4.79 Å². The summed E-state index contributed by atoms with van der Waals surface area (Å²) >= 11 is 0. The van der Waals surface area contributed by atoms with Gasteiger partial charge in [0.2, 0.25) is 0 Å². The number of hydrogen-bond donors (Lipinski definition) is 0. The Hall–Kier alpha value is -2.98. The monoisotopic (exact) mass is 333 g/mol. The lowest BCUT2D eigenvalue weighted by Crippen LogP contribution is -2.08. The maximum atomic E-state index is 11.5. The smallest absolute Gasteiger partial charge is 0.339 e. The molecule has 0 aliphatic heterocycles. The standard InChI is InChI=1S/C21H19NO3/c1-24-21(23)18-12-13-19(22-14-18)15-25-20(16-8-4-2-5-9-16)17-10-6-3-7-11-17/h2-14,20H,15H2,1H3. The summed E-state index contributed by atoms with van der Waals surface area (Å²) in [7, 11) is 1.35. The van der Waals surface area contributed by atoms with Gasteiger partial charge in [0.25, 0.3) is 0 Å². The van der Waals surface area contributed by atoms with Crippen molar-refractivity contribution in [2.75, 3.05) is 7.11 Å². The van der Waals surface area contributed by atoms with E-state index in [9.17, 15) is 4.79 Å². The number of benzene rings is 2. The summed E-state index contributed by atoms with van der Waals surface area (Å²) in [4.78, 5) is 15.7. The minimum Gasteiger partial charge on any atom is -0.465 e. The van der Waals surface area contributed by atoms with E-state index in [2.05, 4.69) is 9.72 Å². The molecular weight excluding hydrogens is 314 g/mol. The third-order valence-corrected chi connectivity index (χ3v) is 3.85. The van der Waals surface area contributed by atoms with Gasteiger partial charge < -0.3 is 9.47 Å². The lowest BCUT2D eigenvalue weighted by atomic mass is 10.0. The van der Waals surface area contributed by atoms with E-state index in [1.807, 2.05) is 60.7 Å². The molecule has 126 valence electrons. The van der Waals surface area contributed by atoms with Crippen molar-refractivity contribution in [2.24, 2.45) is 0 Å². The lowest BCUT2D eigenvalue weighted by Gasteiger charge is -2.19. The fraction of sp³-hybridized carbons (Fsp3) is 0.143. The van der Waals surface area contributed by atoms with Crippen LogP contribution in [-0.4, -0.2) is 18.1 Å². The highest BCUT2D eigenvalue weighted by Gasteiger charge is 2.15. The van der Waals surface area contributed by atoms with E-state index < -0.39 is 5.97 Å². The molecule has 0 amide bonds. The summed E-state index contributed by atoms with van der Waals surface area (Å²) in [5.41, 5.74) is 3.35. The van der Waals surface area contributed by atoms with Crippen molar-refractivity contribution in [3.05, 3.63) is 101 Å². The number of methoxy groups -OCH3 is 1. The molecule has 1 heterocycles. The second-order valence-corrected chi connectivity index (χ2v) is 5.54. The summed E-state index contributed by atoms with van der Waals surface area (Å²) in [5, 5.41) is 0. The third kappa shape index (κ3) is 4.31. The second kappa shape index (κ2) is 8.22. The summed E-state index contributed by atoms with van der Waals surface area (Å²) in [6, 6.07) is 23.6. The predicted molar refractivity (Wildman–Crippen MR) is 95.1 cm³/mol. The molecule has 0 saturated carbocycles. The van der Waals surface area contributed by atoms with Crippen LogP contribution in [0.1, 0.15) is 33.3 Å². The highest BCUT2D eigenvalue weighted by molar-refractivity contribution is 5.88. The highest BCUT2D eigenvalue weighted by atomic mass is 16.5. The van der Waals surface area contributed by atoms with Crippen molar-refractivity contribution in [3.8, 4) is 0 Å². The van der Waals surface area contributed by atoms with Crippen LogP contribution < -0.4 is 0 Å². The van der Waals surface area contributed by atoms with E-state index >= 15 is 0 Å². The Bertz CT molecular complexity index is 762. The Morgan fingerprint density at radius 3 is 2.00 bits per heavy atom. The van der Waals surface area contributed by atoms with Gasteiger partial charge >= 0.3 is 5.97 Å². The molecule has 0 N–H and O–H groups in total. The van der Waals surface area contributed by atoms with Gasteiger partial charge in [-0.2, -0.15) is 0 Å². The van der Waals surface area contributed by atoms with Crippen molar-refractivity contribution < 1.29 is 14.3 Å². The van der Waals surface area contributed by atoms with Crippen LogP contribution in [0, 0.1) is 0 Å². The van der Waals surface area contributed by atoms with Crippen molar-refractivity contribution in [1.29, 1.82) is 0 Å². The molecular formula is C21H19NO3. The topological polar surface area (TPSA) is 48.4 Å². The second-order valence-electron chi connectivity index (χ2n) is 5.54. The maximum absolute atomic E-state index is 11.5. The molecule has 0 spiro atoms. The third-order valence-electron chi connectivity index (χ3n) is 3.85. The fourth-order valence-electron chi connectivity index (χ4n) is 2.56. The zero-order chi connectivity index (χ0) is 17.5. The maximum Gasteiger partial charge on any atom is 0.339 e. The quantitative estimate of drug-likeness (QED) is 0.635. The van der Waals surface area contributed by atoms with Crippen molar-refractivity contribution in [2.45, 2.75) is 12.7 Å². The molecule has 2 aromatic carbocycles. The number of pyridine rings is 1. The van der Waals surface area contributed by atoms with E-state index in [0.29, 0.717) is 12.2 Å². The van der Waals surface area contributed by atoms with Crippen LogP contribution in [0.4, 0.5) is 0 Å². The molecule has 0 aliphatic rings. The SMILES string of the molecule is COC(=O)c1ccc(COC(c2ccccc2)c2ccccc2)nc1. The molecule has 0 aliphatic carbocycles. The number of aromatic nitrogens is 1. The first kappa shape index (κ1) is 16.9.